The first-order valence-corrected chi connectivity index (χ1v) is 17.1. The maximum absolute atomic E-state index is 13.2. The molecule has 2 heterocycles. The molecule has 0 aliphatic carbocycles. The molecule has 50 heavy (non-hydrogen) atoms. The zero-order valence-electron chi connectivity index (χ0n) is 28.7. The van der Waals surface area contributed by atoms with Gasteiger partial charge in [-0.1, -0.05) is 72.8 Å². The number of ether oxygens (including phenoxy) is 5. The van der Waals surface area contributed by atoms with Gasteiger partial charge in [0.25, 0.3) is 0 Å². The third kappa shape index (κ3) is 8.72. The Balaban J connectivity index is 1.07. The number of likely N-dealkylation sites (tertiary alicyclic amines) is 1. The van der Waals surface area contributed by atoms with Gasteiger partial charge in [-0.2, -0.15) is 0 Å². The van der Waals surface area contributed by atoms with Crippen molar-refractivity contribution in [3.63, 3.8) is 0 Å². The van der Waals surface area contributed by atoms with E-state index in [1.165, 1.54) is 0 Å². The minimum atomic E-state index is -0.350. The molecule has 9 nitrogen and oxygen atoms in total. The van der Waals surface area contributed by atoms with Crippen LogP contribution in [0.4, 0.5) is 4.79 Å². The quantitative estimate of drug-likeness (QED) is 0.110. The van der Waals surface area contributed by atoms with Crippen molar-refractivity contribution in [2.75, 3.05) is 33.4 Å². The number of methoxy groups -OCH3 is 1. The highest BCUT2D eigenvalue weighted by molar-refractivity contribution is 5.93. The number of amides is 1. The van der Waals surface area contributed by atoms with Gasteiger partial charge in [0.15, 0.2) is 0 Å². The average Bonchev–Trinajstić information content (AvgIpc) is 3.61. The van der Waals surface area contributed by atoms with E-state index in [1.54, 1.807) is 29.7 Å². The molecule has 0 N–H and O–H groups in total. The Labute approximate surface area is 293 Å². The molecule has 1 saturated heterocycles. The Morgan fingerprint density at radius 1 is 0.800 bits per heavy atom. The lowest BCUT2D eigenvalue weighted by Crippen LogP contribution is -2.47. The highest BCUT2D eigenvalue weighted by Crippen LogP contribution is 2.33. The number of benzene rings is 4. The number of carbonyl (C=O) groups is 2. The van der Waals surface area contributed by atoms with Crippen molar-refractivity contribution < 1.29 is 33.3 Å². The third-order valence-electron chi connectivity index (χ3n) is 9.10. The van der Waals surface area contributed by atoms with E-state index in [4.69, 9.17) is 23.7 Å². The van der Waals surface area contributed by atoms with Crippen LogP contribution in [0.25, 0.3) is 10.9 Å². The van der Waals surface area contributed by atoms with Crippen LogP contribution in [0, 0.1) is 0 Å². The predicted octanol–water partition coefficient (Wildman–Crippen LogP) is 8.01. The van der Waals surface area contributed by atoms with Crippen molar-refractivity contribution in [1.29, 1.82) is 0 Å². The first-order chi connectivity index (χ1) is 24.5. The lowest BCUT2D eigenvalue weighted by Gasteiger charge is -2.38. The van der Waals surface area contributed by atoms with Gasteiger partial charge in [-0.15, -0.1) is 0 Å². The monoisotopic (exact) mass is 676 g/mol. The minimum Gasteiger partial charge on any atom is -0.496 e. The molecule has 1 amide bonds. The van der Waals surface area contributed by atoms with Gasteiger partial charge in [-0.3, -0.25) is 9.36 Å². The normalized spacial score (nSPS) is 15.9. The van der Waals surface area contributed by atoms with Crippen LogP contribution in [0.2, 0.25) is 0 Å². The molecule has 6 rings (SSSR count). The first-order valence-electron chi connectivity index (χ1n) is 17.1. The second kappa shape index (κ2) is 17.0. The second-order valence-electron chi connectivity index (χ2n) is 12.4. The summed E-state index contributed by atoms with van der Waals surface area (Å²) in [5.74, 6) is 1.64. The molecule has 1 aliphatic rings. The fraction of sp³-hybridized carbons (Fsp3) is 0.317. The molecule has 9 heteroatoms. The van der Waals surface area contributed by atoms with Gasteiger partial charge in [-0.25, -0.2) is 4.79 Å². The van der Waals surface area contributed by atoms with Crippen molar-refractivity contribution in [1.82, 2.24) is 9.47 Å². The molecule has 5 aromatic rings. The number of piperidine rings is 1. The van der Waals surface area contributed by atoms with E-state index in [1.807, 2.05) is 91.0 Å². The second-order valence-corrected chi connectivity index (χ2v) is 12.4. The van der Waals surface area contributed by atoms with Crippen LogP contribution in [0.1, 0.15) is 52.7 Å². The maximum Gasteiger partial charge on any atom is 0.410 e. The smallest absolute Gasteiger partial charge is 0.410 e. The van der Waals surface area contributed by atoms with Gasteiger partial charge >= 0.3 is 6.09 Å². The molecule has 4 aromatic carbocycles. The predicted molar refractivity (Wildman–Crippen MR) is 192 cm³/mol. The van der Waals surface area contributed by atoms with Gasteiger partial charge in [0.1, 0.15) is 18.1 Å². The van der Waals surface area contributed by atoms with Gasteiger partial charge in [-0.05, 0) is 53.4 Å². The van der Waals surface area contributed by atoms with E-state index in [-0.39, 0.29) is 30.6 Å². The van der Waals surface area contributed by atoms with E-state index in [9.17, 15) is 9.59 Å². The Kier molecular flexibility index (Phi) is 11.8. The molecule has 0 spiro atoms. The van der Waals surface area contributed by atoms with Gasteiger partial charge in [0.05, 0.1) is 51.7 Å². The highest BCUT2D eigenvalue weighted by atomic mass is 16.6. The summed E-state index contributed by atoms with van der Waals surface area (Å²) in [7, 11) is 1.66. The summed E-state index contributed by atoms with van der Waals surface area (Å²) in [5.41, 5.74) is 4.93. The summed E-state index contributed by atoms with van der Waals surface area (Å²) in [5, 5.41) is 0.973. The number of aromatic nitrogens is 1. The standard InChI is InChI=1S/C41H44N2O7/c1-30(44)43-23-21-36-33(13-8-14-38(36)43)29-49-40-26-42(41(45)50-27-31-10-4-3-5-11-31)22-20-37(40)32-16-18-35(19-17-32)48-25-9-24-47-28-34-12-6-7-15-39(34)46-2/h3-8,10-19,21,23,37,40H,9,20,22,24-29H2,1-2H3. The van der Waals surface area contributed by atoms with E-state index < -0.39 is 0 Å². The van der Waals surface area contributed by atoms with E-state index in [2.05, 4.69) is 12.1 Å². The third-order valence-corrected chi connectivity index (χ3v) is 9.10. The van der Waals surface area contributed by atoms with Crippen molar-refractivity contribution in [3.8, 4) is 11.5 Å². The van der Waals surface area contributed by atoms with Crippen LogP contribution in [0.3, 0.4) is 0 Å². The van der Waals surface area contributed by atoms with Crippen molar-refractivity contribution in [3.05, 3.63) is 132 Å². The maximum atomic E-state index is 13.2. The molecule has 0 radical (unpaired) electrons. The van der Waals surface area contributed by atoms with E-state index in [0.717, 1.165) is 57.5 Å². The molecule has 0 saturated carbocycles. The molecule has 2 atom stereocenters. The Bertz CT molecular complexity index is 1850. The van der Waals surface area contributed by atoms with Crippen LogP contribution in [0.15, 0.2) is 109 Å². The lowest BCUT2D eigenvalue weighted by molar-refractivity contribution is -0.0242. The number of para-hydroxylation sites is 1. The molecular weight excluding hydrogens is 632 g/mol. The topological polar surface area (TPSA) is 88.5 Å². The van der Waals surface area contributed by atoms with Crippen molar-refractivity contribution in [2.24, 2.45) is 0 Å². The Hall–Kier alpha value is -5.12. The summed E-state index contributed by atoms with van der Waals surface area (Å²) < 4.78 is 31.2. The summed E-state index contributed by atoms with van der Waals surface area (Å²) in [6, 6.07) is 33.5. The minimum absolute atomic E-state index is 0.0417. The van der Waals surface area contributed by atoms with Gasteiger partial charge in [0, 0.05) is 43.0 Å². The fourth-order valence-electron chi connectivity index (χ4n) is 6.44. The molecular formula is C41H44N2O7. The zero-order chi connectivity index (χ0) is 34.7. The largest absolute Gasteiger partial charge is 0.496 e. The SMILES string of the molecule is COc1ccccc1COCCCOc1ccc(C2CCN(C(=O)OCc3ccccc3)CC2OCc2cccc3c2ccn3C(C)=O)cc1. The Morgan fingerprint density at radius 2 is 1.58 bits per heavy atom. The number of hydrogen-bond acceptors (Lipinski definition) is 7. The molecule has 1 aromatic heterocycles. The molecule has 1 fully saturated rings. The summed E-state index contributed by atoms with van der Waals surface area (Å²) in [6.07, 6.45) is 2.65. The van der Waals surface area contributed by atoms with E-state index in [0.29, 0.717) is 39.5 Å². The summed E-state index contributed by atoms with van der Waals surface area (Å²) in [6.45, 7) is 4.68. The Morgan fingerprint density at radius 3 is 2.38 bits per heavy atom. The van der Waals surface area contributed by atoms with Gasteiger partial charge in [0.2, 0.25) is 5.91 Å². The van der Waals surface area contributed by atoms with Gasteiger partial charge < -0.3 is 28.6 Å². The number of hydrogen-bond donors (Lipinski definition) is 0. The zero-order valence-corrected chi connectivity index (χ0v) is 28.7. The number of carbonyl (C=O) groups excluding carboxylic acids is 2. The fourth-order valence-corrected chi connectivity index (χ4v) is 6.44. The number of nitrogens with zero attached hydrogens (tertiary/aromatic N) is 2. The first kappa shape index (κ1) is 34.7. The van der Waals surface area contributed by atoms with E-state index >= 15 is 0 Å². The lowest BCUT2D eigenvalue weighted by atomic mass is 9.87. The van der Waals surface area contributed by atoms with Crippen LogP contribution < -0.4 is 9.47 Å². The average molecular weight is 677 g/mol. The molecule has 260 valence electrons. The summed E-state index contributed by atoms with van der Waals surface area (Å²) >= 11 is 0. The number of rotatable bonds is 14. The summed E-state index contributed by atoms with van der Waals surface area (Å²) in [4.78, 5) is 27.0. The van der Waals surface area contributed by atoms with Crippen LogP contribution in [-0.2, 0) is 34.0 Å². The molecule has 1 aliphatic heterocycles. The van der Waals surface area contributed by atoms with Crippen LogP contribution in [-0.4, -0.2) is 61.0 Å². The molecule has 0 bridgehead atoms. The van der Waals surface area contributed by atoms with Crippen molar-refractivity contribution >= 4 is 22.9 Å². The van der Waals surface area contributed by atoms with Crippen LogP contribution in [0.5, 0.6) is 11.5 Å². The highest BCUT2D eigenvalue weighted by Gasteiger charge is 2.34. The molecule has 2 unspecified atom stereocenters. The van der Waals surface area contributed by atoms with Crippen LogP contribution >= 0.6 is 0 Å². The number of fused-ring (bicyclic) bond motifs is 1. The van der Waals surface area contributed by atoms with Crippen molar-refractivity contribution in [2.45, 2.75) is 51.6 Å².